The molecule has 0 aliphatic rings. The average molecular weight is 236 g/mol. The number of Topliss-reactive ketones (excluding diaryl/α,β-unsaturated/α-hetero) is 1. The summed E-state index contributed by atoms with van der Waals surface area (Å²) in [4.78, 5) is 21.2. The molecule has 0 atom stereocenters. The number of ether oxygens (including phenoxy) is 1. The van der Waals surface area contributed by atoms with Gasteiger partial charge in [0.25, 0.3) is 0 Å². The largest absolute Gasteiger partial charge is 0.460 e. The molecular weight excluding hydrogens is 216 g/mol. The molecule has 0 heterocycles. The summed E-state index contributed by atoms with van der Waals surface area (Å²) in [7, 11) is 0. The second kappa shape index (κ2) is 12.1. The van der Waals surface area contributed by atoms with Crippen molar-refractivity contribution in [2.24, 2.45) is 0 Å². The summed E-state index contributed by atoms with van der Waals surface area (Å²) in [6.07, 6.45) is 0.0289. The number of rotatable bonds is 6. The number of esters is 1. The zero-order valence-electron chi connectivity index (χ0n) is 9.68. The average Bonchev–Trinajstić information content (AvgIpc) is 2.29. The van der Waals surface area contributed by atoms with E-state index in [1.807, 2.05) is 6.92 Å². The molecule has 0 aliphatic carbocycles. The molecule has 0 aromatic rings. The Hall–Kier alpha value is -0.980. The first-order valence-electron chi connectivity index (χ1n) is 5.13. The van der Waals surface area contributed by atoms with Gasteiger partial charge in [-0.05, 0) is 13.3 Å². The minimum atomic E-state index is -0.954. The molecule has 0 unspecified atom stereocenters. The number of aliphatic hydroxyl groups excluding tert-OH is 3. The molecule has 0 aromatic carbocycles. The van der Waals surface area contributed by atoms with Crippen LogP contribution in [0, 0.1) is 0 Å². The molecule has 0 saturated heterocycles. The van der Waals surface area contributed by atoms with Gasteiger partial charge >= 0.3 is 5.97 Å². The summed E-state index contributed by atoms with van der Waals surface area (Å²) < 4.78 is 4.47. The number of carbonyl (C=O) groups is 2. The molecule has 0 saturated carbocycles. The molecule has 0 aromatic heterocycles. The molecule has 6 nitrogen and oxygen atoms in total. The van der Waals surface area contributed by atoms with Crippen LogP contribution >= 0.6 is 0 Å². The van der Waals surface area contributed by atoms with E-state index in [-0.39, 0.29) is 19.8 Å². The standard InChI is InChI=1S/C7H12O3.C3H8O3/c1-3-5-6(8)7(9)10-4-2;4-1-3(6)2-5/h3-5H2,1-2H3;3-6H,1-2H2. The smallest absolute Gasteiger partial charge is 0.374 e. The molecule has 0 radical (unpaired) electrons. The Labute approximate surface area is 94.8 Å². The molecule has 0 aliphatic heterocycles. The minimum Gasteiger partial charge on any atom is -0.460 e. The van der Waals surface area contributed by atoms with Gasteiger partial charge in [0, 0.05) is 6.42 Å². The monoisotopic (exact) mass is 236 g/mol. The van der Waals surface area contributed by atoms with Crippen molar-refractivity contribution in [3.05, 3.63) is 0 Å². The molecular formula is C10H20O6. The Morgan fingerprint density at radius 3 is 1.94 bits per heavy atom. The number of hydrogen-bond donors (Lipinski definition) is 3. The lowest BCUT2D eigenvalue weighted by atomic mass is 10.2. The molecule has 0 amide bonds. The van der Waals surface area contributed by atoms with Crippen LogP contribution < -0.4 is 0 Å². The van der Waals surface area contributed by atoms with E-state index < -0.39 is 17.9 Å². The highest BCUT2D eigenvalue weighted by Gasteiger charge is 2.11. The first-order valence-corrected chi connectivity index (χ1v) is 5.13. The fourth-order valence-electron chi connectivity index (χ4n) is 0.598. The van der Waals surface area contributed by atoms with Crippen molar-refractivity contribution < 1.29 is 29.6 Å². The summed E-state index contributed by atoms with van der Waals surface area (Å²) in [6, 6.07) is 0. The summed E-state index contributed by atoms with van der Waals surface area (Å²) in [5.41, 5.74) is 0. The van der Waals surface area contributed by atoms with Crippen molar-refractivity contribution >= 4 is 11.8 Å². The van der Waals surface area contributed by atoms with Gasteiger partial charge in [-0.25, -0.2) is 4.79 Å². The van der Waals surface area contributed by atoms with Crippen molar-refractivity contribution in [3.63, 3.8) is 0 Å². The minimum absolute atomic E-state index is 0.272. The predicted octanol–water partition coefficient (Wildman–Crippen LogP) is -0.749. The topological polar surface area (TPSA) is 104 Å². The Bertz CT molecular complexity index is 172. The van der Waals surface area contributed by atoms with Crippen molar-refractivity contribution in [3.8, 4) is 0 Å². The van der Waals surface area contributed by atoms with Crippen LogP contribution in [0.25, 0.3) is 0 Å². The van der Waals surface area contributed by atoms with Crippen LogP contribution in [-0.4, -0.2) is 53.0 Å². The Morgan fingerprint density at radius 2 is 1.69 bits per heavy atom. The molecule has 0 fully saturated rings. The maximum Gasteiger partial charge on any atom is 0.374 e. The van der Waals surface area contributed by atoms with Crippen LogP contribution in [0.4, 0.5) is 0 Å². The number of carbonyl (C=O) groups excluding carboxylic acids is 2. The number of aliphatic hydroxyl groups is 3. The highest BCUT2D eigenvalue weighted by atomic mass is 16.5. The summed E-state index contributed by atoms with van der Waals surface area (Å²) in [5.74, 6) is -1.13. The van der Waals surface area contributed by atoms with E-state index in [1.54, 1.807) is 6.92 Å². The highest BCUT2D eigenvalue weighted by molar-refractivity contribution is 6.33. The van der Waals surface area contributed by atoms with Crippen LogP contribution in [0.3, 0.4) is 0 Å². The fourth-order valence-corrected chi connectivity index (χ4v) is 0.598. The van der Waals surface area contributed by atoms with Crippen molar-refractivity contribution in [2.45, 2.75) is 32.8 Å². The zero-order chi connectivity index (χ0) is 13.0. The van der Waals surface area contributed by atoms with E-state index >= 15 is 0 Å². The number of ketones is 1. The van der Waals surface area contributed by atoms with Crippen LogP contribution in [0.15, 0.2) is 0 Å². The summed E-state index contributed by atoms with van der Waals surface area (Å²) in [5, 5.41) is 24.0. The van der Waals surface area contributed by atoms with Gasteiger partial charge in [-0.15, -0.1) is 0 Å². The van der Waals surface area contributed by atoms with E-state index in [0.29, 0.717) is 12.8 Å². The lowest BCUT2D eigenvalue weighted by Gasteiger charge is -1.97. The SMILES string of the molecule is CCCC(=O)C(=O)OCC.OCC(O)CO. The van der Waals surface area contributed by atoms with Crippen LogP contribution in [-0.2, 0) is 14.3 Å². The van der Waals surface area contributed by atoms with Crippen molar-refractivity contribution in [1.82, 2.24) is 0 Å². The van der Waals surface area contributed by atoms with Gasteiger partial charge in [0.1, 0.15) is 6.10 Å². The van der Waals surface area contributed by atoms with E-state index in [2.05, 4.69) is 4.74 Å². The molecule has 6 heteroatoms. The van der Waals surface area contributed by atoms with E-state index in [9.17, 15) is 9.59 Å². The molecule has 3 N–H and O–H groups in total. The second-order valence-electron chi connectivity index (χ2n) is 2.91. The van der Waals surface area contributed by atoms with Gasteiger partial charge in [-0.3, -0.25) is 4.79 Å². The maximum absolute atomic E-state index is 10.7. The van der Waals surface area contributed by atoms with E-state index in [0.717, 1.165) is 0 Å². The fraction of sp³-hybridized carbons (Fsp3) is 0.800. The van der Waals surface area contributed by atoms with Gasteiger partial charge in [0.2, 0.25) is 5.78 Å². The van der Waals surface area contributed by atoms with Crippen molar-refractivity contribution in [2.75, 3.05) is 19.8 Å². The van der Waals surface area contributed by atoms with Gasteiger partial charge in [-0.2, -0.15) is 0 Å². The quantitative estimate of drug-likeness (QED) is 0.414. The maximum atomic E-state index is 10.7. The highest BCUT2D eigenvalue weighted by Crippen LogP contribution is 1.91. The van der Waals surface area contributed by atoms with Crippen molar-refractivity contribution in [1.29, 1.82) is 0 Å². The van der Waals surface area contributed by atoms with E-state index in [4.69, 9.17) is 15.3 Å². The first kappa shape index (κ1) is 17.4. The van der Waals surface area contributed by atoms with Gasteiger partial charge in [0.05, 0.1) is 19.8 Å². The lowest BCUT2D eigenvalue weighted by Crippen LogP contribution is -2.16. The third kappa shape index (κ3) is 11.1. The molecule has 96 valence electrons. The van der Waals surface area contributed by atoms with Gasteiger partial charge < -0.3 is 20.1 Å². The van der Waals surface area contributed by atoms with Crippen LogP contribution in [0.1, 0.15) is 26.7 Å². The molecule has 0 spiro atoms. The second-order valence-corrected chi connectivity index (χ2v) is 2.91. The third-order valence-electron chi connectivity index (χ3n) is 1.40. The normalized spacial score (nSPS) is 9.38. The third-order valence-corrected chi connectivity index (χ3v) is 1.40. The predicted molar refractivity (Wildman–Crippen MR) is 56.7 cm³/mol. The van der Waals surface area contributed by atoms with Crippen LogP contribution in [0.5, 0.6) is 0 Å². The summed E-state index contributed by atoms with van der Waals surface area (Å²) in [6.45, 7) is 3.07. The number of hydrogen-bond acceptors (Lipinski definition) is 6. The van der Waals surface area contributed by atoms with Crippen LogP contribution in [0.2, 0.25) is 0 Å². The lowest BCUT2D eigenvalue weighted by molar-refractivity contribution is -0.153. The molecule has 16 heavy (non-hydrogen) atoms. The Balaban J connectivity index is 0. The zero-order valence-corrected chi connectivity index (χ0v) is 9.68. The molecule has 0 bridgehead atoms. The Morgan fingerprint density at radius 1 is 1.19 bits per heavy atom. The summed E-state index contributed by atoms with van der Waals surface area (Å²) >= 11 is 0. The Kier molecular flexibility index (Phi) is 13.2. The van der Waals surface area contributed by atoms with Gasteiger partial charge in [0.15, 0.2) is 0 Å². The van der Waals surface area contributed by atoms with Gasteiger partial charge in [-0.1, -0.05) is 6.92 Å². The van der Waals surface area contributed by atoms with E-state index in [1.165, 1.54) is 0 Å². The first-order chi connectivity index (χ1) is 7.53. The molecule has 0 rings (SSSR count).